The summed E-state index contributed by atoms with van der Waals surface area (Å²) in [6.45, 7) is 3.59. The number of aromatic nitrogens is 2. The molecule has 2 heterocycles. The van der Waals surface area contributed by atoms with Gasteiger partial charge in [-0.05, 0) is 59.7 Å². The highest BCUT2D eigenvalue weighted by atomic mass is 33.1. The summed E-state index contributed by atoms with van der Waals surface area (Å²) >= 11 is 2.53. The third kappa shape index (κ3) is 3.32. The molecule has 8 nitrogen and oxygen atoms in total. The Kier molecular flexibility index (Phi) is 4.95. The number of hydrogen-bond acceptors (Lipinski definition) is 10. The Morgan fingerprint density at radius 2 is 1.18 bits per heavy atom. The highest BCUT2D eigenvalue weighted by Crippen LogP contribution is 2.49. The molecule has 0 unspecified atom stereocenters. The van der Waals surface area contributed by atoms with Gasteiger partial charge in [0.2, 0.25) is 0 Å². The number of benzene rings is 2. The van der Waals surface area contributed by atoms with Gasteiger partial charge in [0.05, 0.1) is 40.7 Å². The summed E-state index contributed by atoms with van der Waals surface area (Å²) < 4.78 is 1.02. The normalized spacial score (nSPS) is 11.4. The van der Waals surface area contributed by atoms with Crippen LogP contribution in [0.15, 0.2) is 34.1 Å². The van der Waals surface area contributed by atoms with Crippen LogP contribution in [0.5, 0.6) is 0 Å². The molecule has 0 radical (unpaired) electrons. The largest absolute Gasteiger partial charge is 0.303 e. The topological polar surface area (TPSA) is 112 Å². The molecule has 0 N–H and O–H groups in total. The van der Waals surface area contributed by atoms with Crippen LogP contribution in [0.4, 0.5) is 11.4 Å². The molecule has 0 spiro atoms. The Morgan fingerprint density at radius 3 is 1.54 bits per heavy atom. The molecule has 0 amide bonds. The Balaban J connectivity index is 1.76. The molecule has 0 aliphatic heterocycles. The molecule has 2 aromatic heterocycles. The van der Waals surface area contributed by atoms with E-state index in [1.807, 2.05) is 0 Å². The smallest absolute Gasteiger partial charge is 0.258 e. The van der Waals surface area contributed by atoms with E-state index < -0.39 is 9.85 Å². The monoisotopic (exact) mass is 450 g/mol. The van der Waals surface area contributed by atoms with Crippen LogP contribution in [0, 0.1) is 34.1 Å². The van der Waals surface area contributed by atoms with Gasteiger partial charge in [0.25, 0.3) is 0 Å². The molecule has 28 heavy (non-hydrogen) atoms. The fraction of sp³-hybridized carbons (Fsp3) is 0.125. The number of thiazole rings is 2. The van der Waals surface area contributed by atoms with Gasteiger partial charge < -0.3 is 0 Å². The molecule has 0 fully saturated rings. The quantitative estimate of drug-likeness (QED) is 0.202. The summed E-state index contributed by atoms with van der Waals surface area (Å²) in [7, 11) is 2.27. The fourth-order valence-corrected chi connectivity index (χ4v) is 7.00. The van der Waals surface area contributed by atoms with E-state index in [1.165, 1.54) is 22.7 Å². The third-order valence-electron chi connectivity index (χ3n) is 3.79. The highest BCUT2D eigenvalue weighted by Gasteiger charge is 2.25. The van der Waals surface area contributed by atoms with E-state index >= 15 is 0 Å². The van der Waals surface area contributed by atoms with Gasteiger partial charge in [-0.1, -0.05) is 0 Å². The van der Waals surface area contributed by atoms with Crippen molar-refractivity contribution in [2.24, 2.45) is 0 Å². The summed E-state index contributed by atoms with van der Waals surface area (Å²) in [5, 5.41) is 24.8. The Labute approximate surface area is 173 Å². The average Bonchev–Trinajstić information content (AvgIpc) is 3.18. The van der Waals surface area contributed by atoms with E-state index in [0.29, 0.717) is 30.2 Å². The lowest BCUT2D eigenvalue weighted by molar-refractivity contribution is -0.385. The van der Waals surface area contributed by atoms with Gasteiger partial charge in [0, 0.05) is 0 Å². The Bertz CT molecular complexity index is 1170. The van der Waals surface area contributed by atoms with Crippen molar-refractivity contribution in [1.82, 2.24) is 9.97 Å². The van der Waals surface area contributed by atoms with Gasteiger partial charge >= 0.3 is 11.4 Å². The summed E-state index contributed by atoms with van der Waals surface area (Å²) in [5.41, 5.74) is 1.13. The molecule has 0 atom stereocenters. The summed E-state index contributed by atoms with van der Waals surface area (Å²) in [6, 6.07) is 6.74. The molecule has 0 saturated heterocycles. The number of nitrogens with zero attached hydrogens (tertiary/aromatic N) is 4. The maximum absolute atomic E-state index is 11.7. The number of nitro benzene ring substituents is 2. The molecule has 142 valence electrons. The third-order valence-corrected chi connectivity index (χ3v) is 8.20. The van der Waals surface area contributed by atoms with E-state index in [1.54, 1.807) is 38.1 Å². The van der Waals surface area contributed by atoms with Crippen LogP contribution in [0.1, 0.15) is 10.0 Å². The zero-order valence-electron chi connectivity index (χ0n) is 14.4. The minimum atomic E-state index is -0.424. The Morgan fingerprint density at radius 1 is 0.786 bits per heavy atom. The predicted molar refractivity (Wildman–Crippen MR) is 114 cm³/mol. The fourth-order valence-electron chi connectivity index (χ4n) is 2.71. The number of rotatable bonds is 5. The standard InChI is InChI=1S/C16H10N4O4S4/c1-7-17-9-3-5-11(13(19(21)22)15(9)25-7)27-28-12-6-4-10-16(14(12)20(23)24)26-8(2)18-10/h3-6H,1-2H3. The van der Waals surface area contributed by atoms with Gasteiger partial charge in [0.15, 0.2) is 0 Å². The van der Waals surface area contributed by atoms with E-state index in [4.69, 9.17) is 0 Å². The summed E-state index contributed by atoms with van der Waals surface area (Å²) in [4.78, 5) is 31.9. The van der Waals surface area contributed by atoms with Gasteiger partial charge in [-0.2, -0.15) is 0 Å². The van der Waals surface area contributed by atoms with Gasteiger partial charge in [-0.3, -0.25) is 20.2 Å². The van der Waals surface area contributed by atoms with E-state index in [2.05, 4.69) is 9.97 Å². The molecule has 0 aliphatic carbocycles. The van der Waals surface area contributed by atoms with Crippen molar-refractivity contribution in [2.75, 3.05) is 0 Å². The first-order chi connectivity index (χ1) is 13.3. The first-order valence-corrected chi connectivity index (χ1v) is 11.6. The van der Waals surface area contributed by atoms with Crippen LogP contribution in [0.2, 0.25) is 0 Å². The molecular formula is C16H10N4O4S4. The van der Waals surface area contributed by atoms with Crippen molar-refractivity contribution >= 4 is 76.1 Å². The lowest BCUT2D eigenvalue weighted by Gasteiger charge is -2.04. The lowest BCUT2D eigenvalue weighted by atomic mass is 10.3. The second-order valence-corrected chi connectivity index (χ2v) is 10.3. The minimum Gasteiger partial charge on any atom is -0.258 e. The van der Waals surface area contributed by atoms with Crippen molar-refractivity contribution in [1.29, 1.82) is 0 Å². The average molecular weight is 451 g/mol. The van der Waals surface area contributed by atoms with Crippen LogP contribution in [0.3, 0.4) is 0 Å². The first-order valence-electron chi connectivity index (χ1n) is 7.78. The van der Waals surface area contributed by atoms with Gasteiger partial charge in [-0.15, -0.1) is 22.7 Å². The maximum Gasteiger partial charge on any atom is 0.303 e. The number of fused-ring (bicyclic) bond motifs is 2. The zero-order chi connectivity index (χ0) is 20.0. The van der Waals surface area contributed by atoms with Crippen LogP contribution < -0.4 is 0 Å². The van der Waals surface area contributed by atoms with Crippen LogP contribution in [0.25, 0.3) is 20.4 Å². The van der Waals surface area contributed by atoms with Crippen molar-refractivity contribution in [3.8, 4) is 0 Å². The molecule has 4 rings (SSSR count). The molecule has 12 heteroatoms. The SMILES string of the molecule is Cc1nc2ccc(SSc3ccc4nc(C)sc4c3[N+](=O)[O-])c([N+](=O)[O-])c2s1. The van der Waals surface area contributed by atoms with Crippen molar-refractivity contribution in [3.05, 3.63) is 54.5 Å². The van der Waals surface area contributed by atoms with E-state index in [-0.39, 0.29) is 11.4 Å². The summed E-state index contributed by atoms with van der Waals surface area (Å²) in [6.07, 6.45) is 0. The second kappa shape index (κ2) is 7.28. The molecule has 2 aromatic carbocycles. The lowest BCUT2D eigenvalue weighted by Crippen LogP contribution is -1.92. The molecule has 0 bridgehead atoms. The van der Waals surface area contributed by atoms with Crippen molar-refractivity contribution < 1.29 is 9.85 Å². The number of hydrogen-bond donors (Lipinski definition) is 0. The molecule has 0 aliphatic rings. The van der Waals surface area contributed by atoms with Crippen LogP contribution in [-0.2, 0) is 0 Å². The molecule has 0 saturated carbocycles. The minimum absolute atomic E-state index is 0.0158. The van der Waals surface area contributed by atoms with Crippen molar-refractivity contribution in [2.45, 2.75) is 23.6 Å². The van der Waals surface area contributed by atoms with Gasteiger partial charge in [0.1, 0.15) is 9.40 Å². The van der Waals surface area contributed by atoms with Crippen LogP contribution in [-0.4, -0.2) is 19.8 Å². The number of nitro groups is 2. The van der Waals surface area contributed by atoms with Gasteiger partial charge in [-0.25, -0.2) is 9.97 Å². The number of aryl methyl sites for hydroxylation is 2. The summed E-state index contributed by atoms with van der Waals surface area (Å²) in [5.74, 6) is 0. The molecular weight excluding hydrogens is 440 g/mol. The van der Waals surface area contributed by atoms with E-state index in [9.17, 15) is 20.2 Å². The first kappa shape index (κ1) is 19.1. The second-order valence-electron chi connectivity index (χ2n) is 5.67. The van der Waals surface area contributed by atoms with E-state index in [0.717, 1.165) is 31.6 Å². The molecule has 4 aromatic rings. The van der Waals surface area contributed by atoms with Crippen molar-refractivity contribution in [3.63, 3.8) is 0 Å². The maximum atomic E-state index is 11.7. The predicted octanol–water partition coefficient (Wildman–Crippen LogP) is 6.14. The zero-order valence-corrected chi connectivity index (χ0v) is 17.6. The Hall–Kier alpha value is -2.28. The van der Waals surface area contributed by atoms with Crippen LogP contribution >= 0.6 is 44.3 Å². The highest BCUT2D eigenvalue weighted by molar-refractivity contribution is 8.76.